The largest absolute Gasteiger partial charge is 0.365 e. The molecule has 7 nitrogen and oxygen atoms in total. The predicted molar refractivity (Wildman–Crippen MR) is 91.3 cm³/mol. The van der Waals surface area contributed by atoms with Crippen LogP contribution in [0.5, 0.6) is 0 Å². The van der Waals surface area contributed by atoms with E-state index in [-0.39, 0.29) is 5.91 Å². The summed E-state index contributed by atoms with van der Waals surface area (Å²) in [5.74, 6) is -0.897. The quantitative estimate of drug-likeness (QED) is 0.791. The van der Waals surface area contributed by atoms with Crippen LogP contribution in [0.15, 0.2) is 12.4 Å². The zero-order valence-corrected chi connectivity index (χ0v) is 14.8. The summed E-state index contributed by atoms with van der Waals surface area (Å²) in [6.45, 7) is 7.86. The van der Waals surface area contributed by atoms with E-state index in [1.807, 2.05) is 27.7 Å². The Labute approximate surface area is 143 Å². The van der Waals surface area contributed by atoms with E-state index in [9.17, 15) is 9.59 Å². The summed E-state index contributed by atoms with van der Waals surface area (Å²) in [6, 6.07) is 0. The van der Waals surface area contributed by atoms with E-state index in [2.05, 4.69) is 15.5 Å². The lowest BCUT2D eigenvalue weighted by Gasteiger charge is -2.41. The van der Waals surface area contributed by atoms with Crippen LogP contribution in [0.1, 0.15) is 58.9 Å². The van der Waals surface area contributed by atoms with Crippen molar-refractivity contribution in [3.8, 4) is 0 Å². The Bertz CT molecular complexity index is 806. The summed E-state index contributed by atoms with van der Waals surface area (Å²) in [4.78, 5) is 25.3. The lowest BCUT2D eigenvalue weighted by Crippen LogP contribution is -2.42. The number of carbonyl (C=O) groups is 2. The first kappa shape index (κ1) is 16.7. The van der Waals surface area contributed by atoms with Gasteiger partial charge in [-0.2, -0.15) is 5.10 Å². The zero-order valence-electron chi connectivity index (χ0n) is 14.0. The van der Waals surface area contributed by atoms with Gasteiger partial charge in [0, 0.05) is 17.5 Å². The average Bonchev–Trinajstić information content (AvgIpc) is 3.03. The molecule has 3 rings (SSSR count). The number of nitrogens with one attached hydrogen (secondary N) is 2. The third-order valence-corrected chi connectivity index (χ3v) is 5.37. The lowest BCUT2D eigenvalue weighted by molar-refractivity contribution is -0.135. The van der Waals surface area contributed by atoms with Crippen molar-refractivity contribution in [2.45, 2.75) is 45.3 Å². The third-order valence-electron chi connectivity index (χ3n) is 3.92. The molecule has 1 aliphatic rings. The van der Waals surface area contributed by atoms with E-state index in [4.69, 9.17) is 10.5 Å². The van der Waals surface area contributed by atoms with Gasteiger partial charge in [-0.15, -0.1) is 11.3 Å². The minimum Gasteiger partial charge on any atom is -0.365 e. The van der Waals surface area contributed by atoms with Crippen molar-refractivity contribution >= 4 is 28.2 Å². The number of thiophene rings is 1. The van der Waals surface area contributed by atoms with Gasteiger partial charge in [0.05, 0.1) is 28.5 Å². The van der Waals surface area contributed by atoms with Crippen LogP contribution in [0.25, 0.3) is 0 Å². The van der Waals surface area contributed by atoms with Crippen molar-refractivity contribution in [2.75, 3.05) is 5.32 Å². The second-order valence-electron chi connectivity index (χ2n) is 6.97. The Kier molecular flexibility index (Phi) is 3.76. The fourth-order valence-corrected chi connectivity index (χ4v) is 4.48. The molecule has 2 aromatic heterocycles. The topological polar surface area (TPSA) is 110 Å². The summed E-state index contributed by atoms with van der Waals surface area (Å²) < 4.78 is 6.14. The minimum absolute atomic E-state index is 0.345. The monoisotopic (exact) mass is 348 g/mol. The number of hydrogen-bond acceptors (Lipinski definition) is 5. The fraction of sp³-hybridized carbons (Fsp3) is 0.438. The molecule has 0 saturated carbocycles. The van der Waals surface area contributed by atoms with Gasteiger partial charge in [0.25, 0.3) is 11.8 Å². The average molecular weight is 348 g/mol. The molecule has 0 unspecified atom stereocenters. The van der Waals surface area contributed by atoms with Gasteiger partial charge in [-0.25, -0.2) is 0 Å². The molecule has 4 N–H and O–H groups in total. The zero-order chi connectivity index (χ0) is 17.7. The van der Waals surface area contributed by atoms with E-state index in [0.717, 1.165) is 10.4 Å². The number of anilines is 1. The van der Waals surface area contributed by atoms with Gasteiger partial charge in [-0.05, 0) is 33.3 Å². The molecule has 0 fully saturated rings. The SMILES string of the molecule is CC1(C)Cc2c(sc(NC(=O)c3cn[nH]c3)c2C(N)=O)C(C)(C)O1. The maximum absolute atomic E-state index is 12.3. The number of hydrogen-bond donors (Lipinski definition) is 3. The second kappa shape index (κ2) is 5.42. The number of H-pyrrole nitrogens is 1. The van der Waals surface area contributed by atoms with E-state index >= 15 is 0 Å². The molecule has 0 aromatic carbocycles. The van der Waals surface area contributed by atoms with E-state index in [1.54, 1.807) is 0 Å². The highest BCUT2D eigenvalue weighted by molar-refractivity contribution is 7.17. The summed E-state index contributed by atoms with van der Waals surface area (Å²) in [6.07, 6.45) is 3.47. The van der Waals surface area contributed by atoms with Crippen molar-refractivity contribution < 1.29 is 14.3 Å². The second-order valence-corrected chi connectivity index (χ2v) is 7.99. The molecule has 0 atom stereocenters. The van der Waals surface area contributed by atoms with E-state index in [0.29, 0.717) is 22.5 Å². The number of fused-ring (bicyclic) bond motifs is 1. The van der Waals surface area contributed by atoms with Crippen molar-refractivity contribution in [3.05, 3.63) is 34.0 Å². The first-order valence-corrected chi connectivity index (χ1v) is 8.38. The molecular weight excluding hydrogens is 328 g/mol. The van der Waals surface area contributed by atoms with Gasteiger partial charge in [0.2, 0.25) is 0 Å². The Morgan fingerprint density at radius 3 is 2.67 bits per heavy atom. The van der Waals surface area contributed by atoms with Crippen LogP contribution in [0, 0.1) is 0 Å². The molecule has 24 heavy (non-hydrogen) atoms. The normalized spacial score (nSPS) is 18.0. The molecule has 2 amide bonds. The number of amides is 2. The Morgan fingerprint density at radius 1 is 1.38 bits per heavy atom. The Hall–Kier alpha value is -2.19. The van der Waals surface area contributed by atoms with Crippen molar-refractivity contribution in [1.29, 1.82) is 0 Å². The highest BCUT2D eigenvalue weighted by Crippen LogP contribution is 2.48. The van der Waals surface area contributed by atoms with Crippen LogP contribution in [0.4, 0.5) is 5.00 Å². The maximum Gasteiger partial charge on any atom is 0.259 e. The highest BCUT2D eigenvalue weighted by Gasteiger charge is 2.42. The van der Waals surface area contributed by atoms with Crippen LogP contribution < -0.4 is 11.1 Å². The maximum atomic E-state index is 12.3. The molecule has 8 heteroatoms. The summed E-state index contributed by atoms with van der Waals surface area (Å²) in [5, 5.41) is 9.57. The van der Waals surface area contributed by atoms with Gasteiger partial charge >= 0.3 is 0 Å². The number of primary amides is 1. The molecule has 0 bridgehead atoms. The number of nitrogens with zero attached hydrogens (tertiary/aromatic N) is 1. The lowest BCUT2D eigenvalue weighted by atomic mass is 9.86. The number of carbonyl (C=O) groups excluding carboxylic acids is 2. The molecule has 0 aliphatic carbocycles. The van der Waals surface area contributed by atoms with Crippen molar-refractivity contribution in [3.63, 3.8) is 0 Å². The minimum atomic E-state index is -0.565. The first-order valence-electron chi connectivity index (χ1n) is 7.57. The number of ether oxygens (including phenoxy) is 1. The van der Waals surface area contributed by atoms with E-state index in [1.165, 1.54) is 23.7 Å². The molecular formula is C16H20N4O3S. The number of rotatable bonds is 3. The smallest absolute Gasteiger partial charge is 0.259 e. The Balaban J connectivity index is 2.07. The summed E-state index contributed by atoms with van der Waals surface area (Å²) in [5.41, 5.74) is 6.24. The predicted octanol–water partition coefficient (Wildman–Crippen LogP) is 2.41. The number of nitrogens with two attached hydrogens (primary N) is 1. The van der Waals surface area contributed by atoms with Crippen LogP contribution in [0.3, 0.4) is 0 Å². The summed E-state index contributed by atoms with van der Waals surface area (Å²) in [7, 11) is 0. The highest BCUT2D eigenvalue weighted by atomic mass is 32.1. The molecule has 0 radical (unpaired) electrons. The fourth-order valence-electron chi connectivity index (χ4n) is 3.22. The molecule has 0 spiro atoms. The van der Waals surface area contributed by atoms with E-state index < -0.39 is 17.1 Å². The molecule has 1 aliphatic heterocycles. The Morgan fingerprint density at radius 2 is 2.08 bits per heavy atom. The molecule has 0 saturated heterocycles. The number of aromatic amines is 1. The standard InChI is InChI=1S/C16H20N4O3S/c1-15(2)5-9-10(12(17)21)14(24-11(9)16(3,4)23-15)20-13(22)8-6-18-19-7-8/h6-7H,5H2,1-4H3,(H2,17,21)(H,18,19)(H,20,22). The van der Waals surface area contributed by atoms with Gasteiger partial charge in [0.1, 0.15) is 5.00 Å². The van der Waals surface area contributed by atoms with Crippen molar-refractivity contribution in [1.82, 2.24) is 10.2 Å². The van der Waals surface area contributed by atoms with Gasteiger partial charge < -0.3 is 15.8 Å². The molecule has 128 valence electrons. The van der Waals surface area contributed by atoms with Gasteiger partial charge in [0.15, 0.2) is 0 Å². The molecule has 2 aromatic rings. The van der Waals surface area contributed by atoms with Crippen LogP contribution in [-0.2, 0) is 16.8 Å². The van der Waals surface area contributed by atoms with Crippen LogP contribution in [-0.4, -0.2) is 27.6 Å². The third kappa shape index (κ3) is 2.83. The first-order chi connectivity index (χ1) is 11.1. The van der Waals surface area contributed by atoms with Gasteiger partial charge in [-0.3, -0.25) is 14.7 Å². The summed E-state index contributed by atoms with van der Waals surface area (Å²) >= 11 is 1.34. The van der Waals surface area contributed by atoms with Crippen LogP contribution >= 0.6 is 11.3 Å². The number of aromatic nitrogens is 2. The van der Waals surface area contributed by atoms with Crippen molar-refractivity contribution in [2.24, 2.45) is 5.73 Å². The van der Waals surface area contributed by atoms with Crippen LogP contribution in [0.2, 0.25) is 0 Å². The van der Waals surface area contributed by atoms with Gasteiger partial charge in [-0.1, -0.05) is 0 Å². The molecule has 3 heterocycles.